The molecule has 2 atom stereocenters. The Labute approximate surface area is 112 Å². The third kappa shape index (κ3) is 2.95. The lowest BCUT2D eigenvalue weighted by atomic mass is 10.0. The molecule has 1 aromatic rings. The fourth-order valence-corrected chi connectivity index (χ4v) is 2.74. The lowest BCUT2D eigenvalue weighted by Gasteiger charge is -2.18. The number of benzene rings is 1. The van der Waals surface area contributed by atoms with Crippen LogP contribution < -0.4 is 5.32 Å². The SMILES string of the molecule is Cc1ccc(C(=O)N[C@@H]2CCC[C@@H]2C(=O)O)c(C)c1. The molecule has 2 N–H and O–H groups in total. The largest absolute Gasteiger partial charge is 0.481 e. The molecule has 19 heavy (non-hydrogen) atoms. The Morgan fingerprint density at radius 3 is 2.63 bits per heavy atom. The molecule has 4 heteroatoms. The molecule has 1 aliphatic rings. The minimum absolute atomic E-state index is 0.171. The van der Waals surface area contributed by atoms with E-state index in [9.17, 15) is 9.59 Å². The molecule has 1 saturated carbocycles. The van der Waals surface area contributed by atoms with Crippen LogP contribution in [0.2, 0.25) is 0 Å². The molecule has 0 saturated heterocycles. The second-order valence-corrected chi connectivity index (χ2v) is 5.27. The van der Waals surface area contributed by atoms with Gasteiger partial charge in [0, 0.05) is 11.6 Å². The highest BCUT2D eigenvalue weighted by Gasteiger charge is 2.34. The molecule has 0 radical (unpaired) electrons. The van der Waals surface area contributed by atoms with Gasteiger partial charge >= 0.3 is 5.97 Å². The molecule has 1 aliphatic carbocycles. The minimum atomic E-state index is -0.816. The van der Waals surface area contributed by atoms with E-state index in [4.69, 9.17) is 5.11 Å². The maximum atomic E-state index is 12.2. The number of nitrogens with one attached hydrogen (secondary N) is 1. The molecule has 2 rings (SSSR count). The van der Waals surface area contributed by atoms with Crippen LogP contribution in [0.1, 0.15) is 40.7 Å². The average molecular weight is 261 g/mol. The Morgan fingerprint density at radius 2 is 2.00 bits per heavy atom. The Hall–Kier alpha value is -1.84. The summed E-state index contributed by atoms with van der Waals surface area (Å²) in [6.45, 7) is 3.87. The highest BCUT2D eigenvalue weighted by Crippen LogP contribution is 2.26. The van der Waals surface area contributed by atoms with E-state index in [1.807, 2.05) is 26.0 Å². The highest BCUT2D eigenvalue weighted by molar-refractivity contribution is 5.96. The lowest BCUT2D eigenvalue weighted by Crippen LogP contribution is -2.40. The van der Waals surface area contributed by atoms with E-state index in [2.05, 4.69) is 5.32 Å². The van der Waals surface area contributed by atoms with E-state index < -0.39 is 11.9 Å². The fourth-order valence-electron chi connectivity index (χ4n) is 2.74. The number of carboxylic acid groups (broad SMARTS) is 1. The van der Waals surface area contributed by atoms with E-state index in [-0.39, 0.29) is 11.9 Å². The number of amides is 1. The fraction of sp³-hybridized carbons (Fsp3) is 0.467. The van der Waals surface area contributed by atoms with Gasteiger partial charge in [0.1, 0.15) is 0 Å². The van der Waals surface area contributed by atoms with Crippen molar-refractivity contribution < 1.29 is 14.7 Å². The highest BCUT2D eigenvalue weighted by atomic mass is 16.4. The van der Waals surface area contributed by atoms with Crippen molar-refractivity contribution >= 4 is 11.9 Å². The molecule has 1 amide bonds. The molecule has 4 nitrogen and oxygen atoms in total. The minimum Gasteiger partial charge on any atom is -0.481 e. The summed E-state index contributed by atoms with van der Waals surface area (Å²) in [6.07, 6.45) is 2.25. The van der Waals surface area contributed by atoms with Gasteiger partial charge in [0.2, 0.25) is 0 Å². The normalized spacial score (nSPS) is 22.2. The molecule has 1 fully saturated rings. The van der Waals surface area contributed by atoms with Crippen molar-refractivity contribution in [3.05, 3.63) is 34.9 Å². The molecular formula is C15H19NO3. The smallest absolute Gasteiger partial charge is 0.308 e. The molecule has 0 bridgehead atoms. The van der Waals surface area contributed by atoms with E-state index in [1.165, 1.54) is 0 Å². The first kappa shape index (κ1) is 13.6. The molecule has 0 aliphatic heterocycles. The van der Waals surface area contributed by atoms with Gasteiger partial charge in [0.25, 0.3) is 5.91 Å². The van der Waals surface area contributed by atoms with Crippen LogP contribution in [0.3, 0.4) is 0 Å². The van der Waals surface area contributed by atoms with Gasteiger partial charge in [-0.05, 0) is 38.3 Å². The van der Waals surface area contributed by atoms with Crippen molar-refractivity contribution in [1.29, 1.82) is 0 Å². The molecule has 102 valence electrons. The summed E-state index contributed by atoms with van der Waals surface area (Å²) in [5.74, 6) is -1.44. The van der Waals surface area contributed by atoms with Crippen molar-refractivity contribution in [2.45, 2.75) is 39.2 Å². The van der Waals surface area contributed by atoms with Crippen LogP contribution in [0.25, 0.3) is 0 Å². The molecule has 0 spiro atoms. The molecule has 1 aromatic carbocycles. The van der Waals surface area contributed by atoms with Crippen LogP contribution in [-0.4, -0.2) is 23.0 Å². The van der Waals surface area contributed by atoms with Crippen LogP contribution in [0, 0.1) is 19.8 Å². The Bertz CT molecular complexity index is 510. The predicted molar refractivity (Wildman–Crippen MR) is 72.1 cm³/mol. The first-order valence-electron chi connectivity index (χ1n) is 6.60. The quantitative estimate of drug-likeness (QED) is 0.877. The van der Waals surface area contributed by atoms with Crippen molar-refractivity contribution in [1.82, 2.24) is 5.32 Å². The zero-order chi connectivity index (χ0) is 14.0. The topological polar surface area (TPSA) is 66.4 Å². The van der Waals surface area contributed by atoms with Crippen molar-refractivity contribution in [2.24, 2.45) is 5.92 Å². The molecule has 0 unspecified atom stereocenters. The summed E-state index contributed by atoms with van der Waals surface area (Å²) >= 11 is 0. The summed E-state index contributed by atoms with van der Waals surface area (Å²) in [5, 5.41) is 12.0. The summed E-state index contributed by atoms with van der Waals surface area (Å²) in [5.41, 5.74) is 2.65. The van der Waals surface area contributed by atoms with E-state index in [1.54, 1.807) is 6.07 Å². The number of carboxylic acids is 1. The summed E-state index contributed by atoms with van der Waals surface area (Å²) in [4.78, 5) is 23.3. The monoisotopic (exact) mass is 261 g/mol. The first-order valence-corrected chi connectivity index (χ1v) is 6.60. The number of carbonyl (C=O) groups is 2. The zero-order valence-electron chi connectivity index (χ0n) is 11.3. The number of hydrogen-bond donors (Lipinski definition) is 2. The van der Waals surface area contributed by atoms with Gasteiger partial charge in [0.15, 0.2) is 0 Å². The van der Waals surface area contributed by atoms with Gasteiger partial charge in [-0.25, -0.2) is 0 Å². The Balaban J connectivity index is 2.10. The van der Waals surface area contributed by atoms with Crippen LogP contribution in [0.15, 0.2) is 18.2 Å². The maximum absolute atomic E-state index is 12.2. The second-order valence-electron chi connectivity index (χ2n) is 5.27. The van der Waals surface area contributed by atoms with E-state index in [0.29, 0.717) is 12.0 Å². The Kier molecular flexibility index (Phi) is 3.88. The van der Waals surface area contributed by atoms with Crippen LogP contribution in [0.4, 0.5) is 0 Å². The van der Waals surface area contributed by atoms with E-state index in [0.717, 1.165) is 24.0 Å². The van der Waals surface area contributed by atoms with Crippen LogP contribution in [0.5, 0.6) is 0 Å². The number of carbonyl (C=O) groups excluding carboxylic acids is 1. The van der Waals surface area contributed by atoms with Crippen molar-refractivity contribution in [3.8, 4) is 0 Å². The second kappa shape index (κ2) is 5.43. The Morgan fingerprint density at radius 1 is 1.26 bits per heavy atom. The van der Waals surface area contributed by atoms with Gasteiger partial charge < -0.3 is 10.4 Å². The molecular weight excluding hydrogens is 242 g/mol. The average Bonchev–Trinajstić information content (AvgIpc) is 2.76. The first-order chi connectivity index (χ1) is 8.99. The third-order valence-corrected chi connectivity index (χ3v) is 3.78. The molecule has 0 aromatic heterocycles. The molecule has 0 heterocycles. The van der Waals surface area contributed by atoms with Crippen molar-refractivity contribution in [2.75, 3.05) is 0 Å². The predicted octanol–water partition coefficient (Wildman–Crippen LogP) is 2.29. The summed E-state index contributed by atoms with van der Waals surface area (Å²) < 4.78 is 0. The van der Waals surface area contributed by atoms with Crippen LogP contribution >= 0.6 is 0 Å². The number of hydrogen-bond acceptors (Lipinski definition) is 2. The van der Waals surface area contributed by atoms with Gasteiger partial charge in [-0.3, -0.25) is 9.59 Å². The lowest BCUT2D eigenvalue weighted by molar-refractivity contribution is -0.142. The van der Waals surface area contributed by atoms with Gasteiger partial charge in [-0.15, -0.1) is 0 Å². The maximum Gasteiger partial charge on any atom is 0.308 e. The standard InChI is InChI=1S/C15H19NO3/c1-9-6-7-11(10(2)8-9)14(17)16-13-5-3-4-12(13)15(18)19/h6-8,12-13H,3-5H2,1-2H3,(H,16,17)(H,18,19)/t12-,13+/m0/s1. The van der Waals surface area contributed by atoms with Gasteiger partial charge in [0.05, 0.1) is 5.92 Å². The summed E-state index contributed by atoms with van der Waals surface area (Å²) in [6, 6.07) is 5.40. The van der Waals surface area contributed by atoms with Crippen molar-refractivity contribution in [3.63, 3.8) is 0 Å². The van der Waals surface area contributed by atoms with E-state index >= 15 is 0 Å². The number of aliphatic carboxylic acids is 1. The third-order valence-electron chi connectivity index (χ3n) is 3.78. The summed E-state index contributed by atoms with van der Waals surface area (Å²) in [7, 11) is 0. The van der Waals surface area contributed by atoms with Gasteiger partial charge in [-0.2, -0.15) is 0 Å². The number of rotatable bonds is 3. The number of aryl methyl sites for hydroxylation is 2. The van der Waals surface area contributed by atoms with Gasteiger partial charge in [-0.1, -0.05) is 24.1 Å². The van der Waals surface area contributed by atoms with Crippen LogP contribution in [-0.2, 0) is 4.79 Å². The zero-order valence-corrected chi connectivity index (χ0v) is 11.3.